The highest BCUT2D eigenvalue weighted by Crippen LogP contribution is 2.14. The maximum atomic E-state index is 12.4. The van der Waals surface area contributed by atoms with Crippen LogP contribution in [0.1, 0.15) is 33.2 Å². The SMILES string of the molecule is CC(NC(=O)c1ccc(C#N)cc1)C(=O)c1ccc(OCC(=O)O)cc1. The fraction of sp³-hybridized carbons (Fsp3) is 0.158. The summed E-state index contributed by atoms with van der Waals surface area (Å²) in [5.74, 6) is -1.48. The first-order chi connectivity index (χ1) is 12.4. The minimum atomic E-state index is -1.09. The van der Waals surface area contributed by atoms with Crippen LogP contribution in [0, 0.1) is 11.3 Å². The Kier molecular flexibility index (Phi) is 6.06. The van der Waals surface area contributed by atoms with Gasteiger partial charge in [-0.3, -0.25) is 9.59 Å². The summed E-state index contributed by atoms with van der Waals surface area (Å²) in [6.07, 6.45) is 0. The first kappa shape index (κ1) is 18.7. The van der Waals surface area contributed by atoms with E-state index in [-0.39, 0.29) is 5.78 Å². The summed E-state index contributed by atoms with van der Waals surface area (Å²) in [4.78, 5) is 35.0. The summed E-state index contributed by atoms with van der Waals surface area (Å²) in [7, 11) is 0. The number of carbonyl (C=O) groups is 3. The third-order valence-corrected chi connectivity index (χ3v) is 3.52. The van der Waals surface area contributed by atoms with Crippen LogP contribution in [0.4, 0.5) is 0 Å². The molecule has 0 radical (unpaired) electrons. The van der Waals surface area contributed by atoms with Crippen molar-refractivity contribution in [1.82, 2.24) is 5.32 Å². The van der Waals surface area contributed by atoms with Gasteiger partial charge in [-0.2, -0.15) is 5.26 Å². The van der Waals surface area contributed by atoms with Gasteiger partial charge in [0.2, 0.25) is 0 Å². The van der Waals surface area contributed by atoms with Crippen molar-refractivity contribution >= 4 is 17.7 Å². The molecule has 0 aliphatic heterocycles. The van der Waals surface area contributed by atoms with Crippen LogP contribution in [-0.2, 0) is 4.79 Å². The second kappa shape index (κ2) is 8.44. The fourth-order valence-corrected chi connectivity index (χ4v) is 2.15. The van der Waals surface area contributed by atoms with Crippen LogP contribution >= 0.6 is 0 Å². The van der Waals surface area contributed by atoms with Crippen LogP contribution in [-0.4, -0.2) is 35.4 Å². The molecule has 1 unspecified atom stereocenters. The summed E-state index contributed by atoms with van der Waals surface area (Å²) in [6, 6.07) is 13.3. The molecule has 132 valence electrons. The first-order valence-electron chi connectivity index (χ1n) is 7.70. The first-order valence-corrected chi connectivity index (χ1v) is 7.70. The molecule has 0 fully saturated rings. The zero-order chi connectivity index (χ0) is 19.1. The Morgan fingerprint density at radius 2 is 1.65 bits per heavy atom. The number of rotatable bonds is 7. The normalized spacial score (nSPS) is 11.1. The molecule has 0 bridgehead atoms. The second-order valence-electron chi connectivity index (χ2n) is 5.46. The van der Waals surface area contributed by atoms with Gasteiger partial charge < -0.3 is 15.2 Å². The lowest BCUT2D eigenvalue weighted by Gasteiger charge is -2.13. The Morgan fingerprint density at radius 1 is 1.08 bits per heavy atom. The van der Waals surface area contributed by atoms with E-state index in [1.54, 1.807) is 6.92 Å². The van der Waals surface area contributed by atoms with E-state index in [1.165, 1.54) is 48.5 Å². The number of nitrogens with zero attached hydrogens (tertiary/aromatic N) is 1. The molecule has 7 heteroatoms. The maximum Gasteiger partial charge on any atom is 0.341 e. The van der Waals surface area contributed by atoms with Crippen molar-refractivity contribution in [2.24, 2.45) is 0 Å². The number of hydrogen-bond donors (Lipinski definition) is 2. The van der Waals surface area contributed by atoms with Gasteiger partial charge >= 0.3 is 5.97 Å². The second-order valence-corrected chi connectivity index (χ2v) is 5.46. The highest BCUT2D eigenvalue weighted by atomic mass is 16.5. The van der Waals surface area contributed by atoms with Gasteiger partial charge in [0, 0.05) is 11.1 Å². The molecule has 0 aliphatic carbocycles. The standard InChI is InChI=1S/C19H16N2O5/c1-12(21-19(25)15-4-2-13(10-20)3-5-15)18(24)14-6-8-16(9-7-14)26-11-17(22)23/h2-9,12H,11H2,1H3,(H,21,25)(H,22,23). The van der Waals surface area contributed by atoms with Gasteiger partial charge in [0.1, 0.15) is 5.75 Å². The van der Waals surface area contributed by atoms with Crippen molar-refractivity contribution in [2.45, 2.75) is 13.0 Å². The van der Waals surface area contributed by atoms with E-state index in [0.29, 0.717) is 22.4 Å². The molecule has 1 atom stereocenters. The van der Waals surface area contributed by atoms with Gasteiger partial charge in [-0.15, -0.1) is 0 Å². The molecule has 0 saturated carbocycles. The Bertz CT molecular complexity index is 851. The molecule has 0 spiro atoms. The molecule has 2 N–H and O–H groups in total. The molecular weight excluding hydrogens is 336 g/mol. The van der Waals surface area contributed by atoms with E-state index >= 15 is 0 Å². The highest BCUT2D eigenvalue weighted by Gasteiger charge is 2.18. The number of aliphatic carboxylic acids is 1. The third-order valence-electron chi connectivity index (χ3n) is 3.52. The van der Waals surface area contributed by atoms with E-state index in [0.717, 1.165) is 0 Å². The van der Waals surface area contributed by atoms with Crippen molar-refractivity contribution < 1.29 is 24.2 Å². The number of hydrogen-bond acceptors (Lipinski definition) is 5. The molecule has 0 aliphatic rings. The van der Waals surface area contributed by atoms with Crippen molar-refractivity contribution in [3.63, 3.8) is 0 Å². The molecule has 0 heterocycles. The Hall–Kier alpha value is -3.66. The molecule has 7 nitrogen and oxygen atoms in total. The lowest BCUT2D eigenvalue weighted by atomic mass is 10.0. The number of Topliss-reactive ketones (excluding diaryl/α,β-unsaturated/α-hetero) is 1. The van der Waals surface area contributed by atoms with Gasteiger partial charge in [0.25, 0.3) is 5.91 Å². The van der Waals surface area contributed by atoms with Crippen molar-refractivity contribution in [3.8, 4) is 11.8 Å². The average molecular weight is 352 g/mol. The molecule has 1 amide bonds. The summed E-state index contributed by atoms with van der Waals surface area (Å²) in [5.41, 5.74) is 1.15. The molecule has 2 aromatic rings. The van der Waals surface area contributed by atoms with Crippen LogP contribution < -0.4 is 10.1 Å². The molecular formula is C19H16N2O5. The Labute approximate surface area is 149 Å². The van der Waals surface area contributed by atoms with Crippen molar-refractivity contribution in [1.29, 1.82) is 5.26 Å². The summed E-state index contributed by atoms with van der Waals surface area (Å²) >= 11 is 0. The molecule has 0 saturated heterocycles. The molecule has 0 aromatic heterocycles. The number of carboxylic acids is 1. The van der Waals surface area contributed by atoms with E-state index in [9.17, 15) is 14.4 Å². The van der Waals surface area contributed by atoms with Crippen LogP contribution in [0.3, 0.4) is 0 Å². The molecule has 2 aromatic carbocycles. The monoisotopic (exact) mass is 352 g/mol. The lowest BCUT2D eigenvalue weighted by Crippen LogP contribution is -2.38. The largest absolute Gasteiger partial charge is 0.482 e. The Morgan fingerprint density at radius 3 is 2.19 bits per heavy atom. The van der Waals surface area contributed by atoms with Gasteiger partial charge in [-0.05, 0) is 55.5 Å². The number of nitrogens with one attached hydrogen (secondary N) is 1. The number of nitriles is 1. The number of benzene rings is 2. The smallest absolute Gasteiger partial charge is 0.341 e. The highest BCUT2D eigenvalue weighted by molar-refractivity contribution is 6.04. The summed E-state index contributed by atoms with van der Waals surface area (Å²) < 4.78 is 5.00. The number of carboxylic acid groups (broad SMARTS) is 1. The van der Waals surface area contributed by atoms with Crippen LogP contribution in [0.25, 0.3) is 0 Å². The third kappa shape index (κ3) is 4.92. The minimum Gasteiger partial charge on any atom is -0.482 e. The zero-order valence-electron chi connectivity index (χ0n) is 13.9. The summed E-state index contributed by atoms with van der Waals surface area (Å²) in [6.45, 7) is 1.10. The zero-order valence-corrected chi connectivity index (χ0v) is 13.9. The van der Waals surface area contributed by atoms with Gasteiger partial charge in [-0.25, -0.2) is 4.79 Å². The van der Waals surface area contributed by atoms with Crippen LogP contribution in [0.2, 0.25) is 0 Å². The van der Waals surface area contributed by atoms with Crippen LogP contribution in [0.5, 0.6) is 5.75 Å². The van der Waals surface area contributed by atoms with Crippen molar-refractivity contribution in [3.05, 3.63) is 65.2 Å². The molecule has 26 heavy (non-hydrogen) atoms. The topological polar surface area (TPSA) is 116 Å². The van der Waals surface area contributed by atoms with E-state index in [4.69, 9.17) is 15.1 Å². The average Bonchev–Trinajstić information content (AvgIpc) is 2.66. The van der Waals surface area contributed by atoms with Gasteiger partial charge in [0.15, 0.2) is 12.4 Å². The van der Waals surface area contributed by atoms with Gasteiger partial charge in [0.05, 0.1) is 17.7 Å². The fourth-order valence-electron chi connectivity index (χ4n) is 2.15. The van der Waals surface area contributed by atoms with Crippen molar-refractivity contribution in [2.75, 3.05) is 6.61 Å². The van der Waals surface area contributed by atoms with E-state index in [2.05, 4.69) is 5.32 Å². The maximum absolute atomic E-state index is 12.4. The predicted molar refractivity (Wildman–Crippen MR) is 92.0 cm³/mol. The predicted octanol–water partition coefficient (Wildman–Crippen LogP) is 2.02. The number of ether oxygens (including phenoxy) is 1. The lowest BCUT2D eigenvalue weighted by molar-refractivity contribution is -0.139. The van der Waals surface area contributed by atoms with E-state index < -0.39 is 24.5 Å². The van der Waals surface area contributed by atoms with Crippen LogP contribution in [0.15, 0.2) is 48.5 Å². The summed E-state index contributed by atoms with van der Waals surface area (Å²) in [5, 5.41) is 19.9. The van der Waals surface area contributed by atoms with Gasteiger partial charge in [-0.1, -0.05) is 0 Å². The number of amides is 1. The number of carbonyl (C=O) groups excluding carboxylic acids is 2. The minimum absolute atomic E-state index is 0.295. The quantitative estimate of drug-likeness (QED) is 0.736. The van der Waals surface area contributed by atoms with E-state index in [1.807, 2.05) is 6.07 Å². The Balaban J connectivity index is 1.98. The number of ketones is 1. The molecule has 2 rings (SSSR count).